The van der Waals surface area contributed by atoms with Crippen LogP contribution in [-0.2, 0) is 0 Å². The lowest BCUT2D eigenvalue weighted by Gasteiger charge is -2.05. The van der Waals surface area contributed by atoms with Gasteiger partial charge in [-0.25, -0.2) is 0 Å². The molecule has 1 heterocycles. The van der Waals surface area contributed by atoms with Crippen LogP contribution in [0, 0.1) is 0 Å². The van der Waals surface area contributed by atoms with Gasteiger partial charge in [-0.3, -0.25) is 4.79 Å². The molecule has 0 aliphatic heterocycles. The first-order valence-electron chi connectivity index (χ1n) is 6.37. The maximum absolute atomic E-state index is 12.1. The summed E-state index contributed by atoms with van der Waals surface area (Å²) in [4.78, 5) is 13.5. The number of aromatic nitrogens is 3. The minimum absolute atomic E-state index is 0.224. The number of carbonyl (C=O) groups excluding carboxylic acids is 1. The maximum atomic E-state index is 12.1. The van der Waals surface area contributed by atoms with Crippen molar-refractivity contribution in [2.45, 2.75) is 0 Å². The molecule has 3 N–H and O–H groups in total. The molecule has 0 saturated heterocycles. The Hall–Kier alpha value is -3.15. The second-order valence-electron chi connectivity index (χ2n) is 4.40. The van der Waals surface area contributed by atoms with Gasteiger partial charge < -0.3 is 11.1 Å². The van der Waals surface area contributed by atoms with Crippen molar-refractivity contribution in [1.82, 2.24) is 15.0 Å². The van der Waals surface area contributed by atoms with E-state index in [0.29, 0.717) is 11.4 Å². The van der Waals surface area contributed by atoms with Gasteiger partial charge in [-0.05, 0) is 24.3 Å². The summed E-state index contributed by atoms with van der Waals surface area (Å²) in [6.07, 6.45) is 1.42. The summed E-state index contributed by atoms with van der Waals surface area (Å²) < 4.78 is 0. The molecule has 0 bridgehead atoms. The van der Waals surface area contributed by atoms with E-state index >= 15 is 0 Å². The lowest BCUT2D eigenvalue weighted by atomic mass is 10.2. The Bertz CT molecular complexity index is 766. The van der Waals surface area contributed by atoms with Gasteiger partial charge in [-0.15, -0.1) is 5.10 Å². The minimum atomic E-state index is -0.352. The first kappa shape index (κ1) is 12.9. The third kappa shape index (κ3) is 2.74. The normalized spacial score (nSPS) is 10.3. The number of nitrogens with zero attached hydrogens (tertiary/aromatic N) is 3. The summed E-state index contributed by atoms with van der Waals surface area (Å²) in [7, 11) is 0. The average molecular weight is 279 g/mol. The fourth-order valence-electron chi connectivity index (χ4n) is 1.85. The van der Waals surface area contributed by atoms with Crippen molar-refractivity contribution in [3.8, 4) is 5.69 Å². The van der Waals surface area contributed by atoms with Gasteiger partial charge in [0.15, 0.2) is 5.69 Å². The molecule has 0 radical (unpaired) electrons. The highest BCUT2D eigenvalue weighted by molar-refractivity contribution is 6.04. The molecule has 0 aliphatic carbocycles. The Morgan fingerprint density at radius 2 is 1.76 bits per heavy atom. The van der Waals surface area contributed by atoms with E-state index in [9.17, 15) is 4.79 Å². The molecule has 2 aromatic carbocycles. The van der Waals surface area contributed by atoms with Crippen LogP contribution >= 0.6 is 0 Å². The summed E-state index contributed by atoms with van der Waals surface area (Å²) in [5.74, 6) is -0.352. The number of rotatable bonds is 3. The highest BCUT2D eigenvalue weighted by atomic mass is 16.2. The topological polar surface area (TPSA) is 85.8 Å². The Morgan fingerprint density at radius 3 is 2.52 bits per heavy atom. The molecule has 1 aromatic heterocycles. The Morgan fingerprint density at radius 1 is 1.05 bits per heavy atom. The Kier molecular flexibility index (Phi) is 3.34. The largest absolute Gasteiger partial charge is 0.397 e. The van der Waals surface area contributed by atoms with Crippen molar-refractivity contribution in [2.24, 2.45) is 0 Å². The molecule has 104 valence electrons. The monoisotopic (exact) mass is 279 g/mol. The zero-order valence-corrected chi connectivity index (χ0v) is 11.1. The molecule has 0 unspecified atom stereocenters. The first-order chi connectivity index (χ1) is 10.2. The number of anilines is 2. The van der Waals surface area contributed by atoms with Crippen molar-refractivity contribution in [3.63, 3.8) is 0 Å². The van der Waals surface area contributed by atoms with Gasteiger partial charge in [0.05, 0.1) is 23.3 Å². The van der Waals surface area contributed by atoms with E-state index < -0.39 is 0 Å². The molecule has 21 heavy (non-hydrogen) atoms. The van der Waals surface area contributed by atoms with E-state index in [1.807, 2.05) is 30.3 Å². The SMILES string of the molecule is Nc1ccccc1NC(=O)c1cnn(-c2ccccc2)n1. The predicted molar refractivity (Wildman–Crippen MR) is 80.2 cm³/mol. The van der Waals surface area contributed by atoms with E-state index in [2.05, 4.69) is 15.5 Å². The van der Waals surface area contributed by atoms with Gasteiger partial charge in [-0.1, -0.05) is 30.3 Å². The van der Waals surface area contributed by atoms with Crippen LogP contribution in [0.5, 0.6) is 0 Å². The van der Waals surface area contributed by atoms with E-state index in [4.69, 9.17) is 5.73 Å². The number of para-hydroxylation sites is 3. The highest BCUT2D eigenvalue weighted by Crippen LogP contribution is 2.17. The number of hydrogen-bond donors (Lipinski definition) is 2. The van der Waals surface area contributed by atoms with Gasteiger partial charge in [-0.2, -0.15) is 9.90 Å². The Labute approximate surface area is 121 Å². The number of carbonyl (C=O) groups is 1. The standard InChI is InChI=1S/C15H13N5O/c16-12-8-4-5-9-13(12)18-15(21)14-10-17-20(19-14)11-6-2-1-3-7-11/h1-10H,16H2,(H,18,21). The molecule has 3 rings (SSSR count). The van der Waals surface area contributed by atoms with E-state index in [1.54, 1.807) is 24.3 Å². The third-order valence-corrected chi connectivity index (χ3v) is 2.92. The molecule has 1 amide bonds. The van der Waals surface area contributed by atoms with E-state index in [0.717, 1.165) is 5.69 Å². The summed E-state index contributed by atoms with van der Waals surface area (Å²) in [5.41, 5.74) is 7.85. The lowest BCUT2D eigenvalue weighted by Crippen LogP contribution is -2.14. The smallest absolute Gasteiger partial charge is 0.277 e. The molecule has 0 aliphatic rings. The predicted octanol–water partition coefficient (Wildman–Crippen LogP) is 2.10. The van der Waals surface area contributed by atoms with Gasteiger partial charge >= 0.3 is 0 Å². The number of nitrogens with two attached hydrogens (primary N) is 1. The number of benzene rings is 2. The number of amides is 1. The zero-order chi connectivity index (χ0) is 14.7. The van der Waals surface area contributed by atoms with Crippen molar-refractivity contribution in [3.05, 3.63) is 66.5 Å². The summed E-state index contributed by atoms with van der Waals surface area (Å²) in [6, 6.07) is 16.4. The minimum Gasteiger partial charge on any atom is -0.397 e. The summed E-state index contributed by atoms with van der Waals surface area (Å²) in [5, 5.41) is 11.0. The molecule has 3 aromatic rings. The third-order valence-electron chi connectivity index (χ3n) is 2.92. The maximum Gasteiger partial charge on any atom is 0.277 e. The first-order valence-corrected chi connectivity index (χ1v) is 6.37. The van der Waals surface area contributed by atoms with Crippen molar-refractivity contribution < 1.29 is 4.79 Å². The quantitative estimate of drug-likeness (QED) is 0.719. The molecule has 0 saturated carbocycles. The second kappa shape index (κ2) is 5.46. The van der Waals surface area contributed by atoms with Crippen molar-refractivity contribution in [2.75, 3.05) is 11.1 Å². The van der Waals surface area contributed by atoms with Crippen LogP contribution in [0.15, 0.2) is 60.8 Å². The van der Waals surface area contributed by atoms with Crippen LogP contribution in [0.1, 0.15) is 10.5 Å². The van der Waals surface area contributed by atoms with Crippen molar-refractivity contribution in [1.29, 1.82) is 0 Å². The zero-order valence-electron chi connectivity index (χ0n) is 11.1. The Balaban J connectivity index is 1.80. The van der Waals surface area contributed by atoms with Crippen LogP contribution in [0.25, 0.3) is 5.69 Å². The second-order valence-corrected chi connectivity index (χ2v) is 4.40. The molecule has 0 atom stereocenters. The molecule has 6 nitrogen and oxygen atoms in total. The van der Waals surface area contributed by atoms with Gasteiger partial charge in [0.1, 0.15) is 0 Å². The van der Waals surface area contributed by atoms with Crippen LogP contribution in [0.4, 0.5) is 11.4 Å². The van der Waals surface area contributed by atoms with E-state index in [-0.39, 0.29) is 11.6 Å². The molecular formula is C15H13N5O. The lowest BCUT2D eigenvalue weighted by molar-refractivity contribution is 0.102. The average Bonchev–Trinajstić information content (AvgIpc) is 3.00. The highest BCUT2D eigenvalue weighted by Gasteiger charge is 2.12. The van der Waals surface area contributed by atoms with Gasteiger partial charge in [0.25, 0.3) is 5.91 Å². The number of nitrogen functional groups attached to an aromatic ring is 1. The van der Waals surface area contributed by atoms with Gasteiger partial charge in [0, 0.05) is 0 Å². The number of hydrogen-bond acceptors (Lipinski definition) is 4. The molecule has 0 spiro atoms. The fourth-order valence-corrected chi connectivity index (χ4v) is 1.85. The van der Waals surface area contributed by atoms with E-state index in [1.165, 1.54) is 11.0 Å². The number of nitrogens with one attached hydrogen (secondary N) is 1. The van der Waals surface area contributed by atoms with Gasteiger partial charge in [0.2, 0.25) is 0 Å². The van der Waals surface area contributed by atoms with Crippen LogP contribution in [0.3, 0.4) is 0 Å². The summed E-state index contributed by atoms with van der Waals surface area (Å²) in [6.45, 7) is 0. The molecular weight excluding hydrogens is 266 g/mol. The fraction of sp³-hybridized carbons (Fsp3) is 0. The van der Waals surface area contributed by atoms with Crippen LogP contribution in [-0.4, -0.2) is 20.9 Å². The van der Waals surface area contributed by atoms with Crippen molar-refractivity contribution >= 4 is 17.3 Å². The molecule has 0 fully saturated rings. The summed E-state index contributed by atoms with van der Waals surface area (Å²) >= 11 is 0. The molecule has 6 heteroatoms. The van der Waals surface area contributed by atoms with Crippen LogP contribution in [0.2, 0.25) is 0 Å². The van der Waals surface area contributed by atoms with Crippen LogP contribution < -0.4 is 11.1 Å².